The first-order valence-electron chi connectivity index (χ1n) is 6.17. The monoisotopic (exact) mass is 265 g/mol. The van der Waals surface area contributed by atoms with Crippen LogP contribution in [0.2, 0.25) is 0 Å². The predicted molar refractivity (Wildman–Crippen MR) is 74.0 cm³/mol. The van der Waals surface area contributed by atoms with E-state index in [1.54, 1.807) is 31.2 Å². The molecular formula is C13H19N3O3. The van der Waals surface area contributed by atoms with E-state index >= 15 is 0 Å². The van der Waals surface area contributed by atoms with Crippen molar-refractivity contribution in [1.29, 1.82) is 0 Å². The molecule has 1 aromatic rings. The van der Waals surface area contributed by atoms with Crippen molar-refractivity contribution in [3.05, 3.63) is 24.3 Å². The molecule has 0 aliphatic carbocycles. The van der Waals surface area contributed by atoms with Gasteiger partial charge < -0.3 is 15.8 Å². The molecular weight excluding hydrogens is 246 g/mol. The minimum atomic E-state index is -0.516. The summed E-state index contributed by atoms with van der Waals surface area (Å²) in [5.41, 5.74) is 6.83. The van der Waals surface area contributed by atoms with Gasteiger partial charge in [0.2, 0.25) is 5.91 Å². The molecule has 0 aromatic heterocycles. The molecule has 0 heterocycles. The Morgan fingerprint density at radius 2 is 1.68 bits per heavy atom. The quantitative estimate of drug-likeness (QED) is 0.758. The van der Waals surface area contributed by atoms with E-state index in [1.807, 2.05) is 6.92 Å². The van der Waals surface area contributed by atoms with Crippen molar-refractivity contribution in [2.75, 3.05) is 17.2 Å². The first-order chi connectivity index (χ1) is 9.06. The lowest BCUT2D eigenvalue weighted by Crippen LogP contribution is -2.34. The number of rotatable bonds is 5. The second-order valence-electron chi connectivity index (χ2n) is 3.93. The van der Waals surface area contributed by atoms with Crippen LogP contribution in [0, 0.1) is 0 Å². The van der Waals surface area contributed by atoms with E-state index in [0.717, 1.165) is 0 Å². The minimum absolute atomic E-state index is 0.228. The van der Waals surface area contributed by atoms with Crippen LogP contribution in [0.5, 0.6) is 0 Å². The summed E-state index contributed by atoms with van der Waals surface area (Å²) in [6, 6.07) is 6.19. The van der Waals surface area contributed by atoms with E-state index in [-0.39, 0.29) is 5.91 Å². The molecule has 1 atom stereocenters. The van der Waals surface area contributed by atoms with Gasteiger partial charge >= 0.3 is 6.09 Å². The highest BCUT2D eigenvalue weighted by atomic mass is 16.5. The molecule has 0 bridgehead atoms. The van der Waals surface area contributed by atoms with Gasteiger partial charge in [0.1, 0.15) is 0 Å². The van der Waals surface area contributed by atoms with Gasteiger partial charge in [-0.15, -0.1) is 0 Å². The van der Waals surface area contributed by atoms with Crippen LogP contribution in [0.4, 0.5) is 16.2 Å². The number of nitrogens with one attached hydrogen (secondary N) is 2. The highest BCUT2D eigenvalue weighted by molar-refractivity contribution is 5.95. The van der Waals surface area contributed by atoms with Gasteiger partial charge in [0.25, 0.3) is 0 Å². The molecule has 104 valence electrons. The number of anilines is 2. The van der Waals surface area contributed by atoms with Crippen molar-refractivity contribution < 1.29 is 14.3 Å². The third-order valence-electron chi connectivity index (χ3n) is 2.45. The third-order valence-corrected chi connectivity index (χ3v) is 2.45. The molecule has 0 saturated heterocycles. The zero-order chi connectivity index (χ0) is 14.3. The summed E-state index contributed by atoms with van der Waals surface area (Å²) in [6.45, 7) is 3.89. The Morgan fingerprint density at radius 3 is 2.16 bits per heavy atom. The van der Waals surface area contributed by atoms with Gasteiger partial charge in [-0.3, -0.25) is 10.1 Å². The second-order valence-corrected chi connectivity index (χ2v) is 3.93. The van der Waals surface area contributed by atoms with E-state index in [9.17, 15) is 9.59 Å². The number of benzene rings is 1. The van der Waals surface area contributed by atoms with Crippen LogP contribution in [-0.2, 0) is 9.53 Å². The van der Waals surface area contributed by atoms with Gasteiger partial charge in [-0.05, 0) is 37.6 Å². The predicted octanol–water partition coefficient (Wildman–Crippen LogP) is 1.93. The molecule has 19 heavy (non-hydrogen) atoms. The molecule has 1 aromatic carbocycles. The van der Waals surface area contributed by atoms with Crippen molar-refractivity contribution in [1.82, 2.24) is 0 Å². The van der Waals surface area contributed by atoms with Crippen LogP contribution in [-0.4, -0.2) is 24.6 Å². The lowest BCUT2D eigenvalue weighted by atomic mass is 10.2. The van der Waals surface area contributed by atoms with E-state index < -0.39 is 12.1 Å². The smallest absolute Gasteiger partial charge is 0.411 e. The third kappa shape index (κ3) is 4.97. The van der Waals surface area contributed by atoms with Crippen LogP contribution < -0.4 is 16.4 Å². The van der Waals surface area contributed by atoms with Gasteiger partial charge in [0.15, 0.2) is 0 Å². The lowest BCUT2D eigenvalue weighted by Gasteiger charge is -2.10. The molecule has 0 aliphatic heterocycles. The molecule has 0 saturated carbocycles. The van der Waals surface area contributed by atoms with Gasteiger partial charge in [0.05, 0.1) is 12.6 Å². The Balaban J connectivity index is 2.56. The fraction of sp³-hybridized carbons (Fsp3) is 0.385. The largest absolute Gasteiger partial charge is 0.450 e. The van der Waals surface area contributed by atoms with Crippen molar-refractivity contribution in [2.45, 2.75) is 26.3 Å². The van der Waals surface area contributed by atoms with Crippen LogP contribution in [0.1, 0.15) is 20.3 Å². The zero-order valence-corrected chi connectivity index (χ0v) is 11.1. The summed E-state index contributed by atoms with van der Waals surface area (Å²) in [5, 5.41) is 5.25. The van der Waals surface area contributed by atoms with Crippen LogP contribution in [0.25, 0.3) is 0 Å². The number of hydrogen-bond donors (Lipinski definition) is 3. The number of carbonyl (C=O) groups is 2. The summed E-state index contributed by atoms with van der Waals surface area (Å²) in [4.78, 5) is 22.7. The fourth-order valence-electron chi connectivity index (χ4n) is 1.34. The van der Waals surface area contributed by atoms with E-state index in [2.05, 4.69) is 10.6 Å². The van der Waals surface area contributed by atoms with Crippen LogP contribution >= 0.6 is 0 Å². The normalized spacial score (nSPS) is 11.5. The van der Waals surface area contributed by atoms with Crippen molar-refractivity contribution in [2.24, 2.45) is 5.73 Å². The van der Waals surface area contributed by atoms with Gasteiger partial charge in [-0.1, -0.05) is 6.92 Å². The van der Waals surface area contributed by atoms with Gasteiger partial charge in [-0.2, -0.15) is 0 Å². The minimum Gasteiger partial charge on any atom is -0.450 e. The molecule has 0 fully saturated rings. The Morgan fingerprint density at radius 1 is 1.16 bits per heavy atom. The molecule has 6 nitrogen and oxygen atoms in total. The van der Waals surface area contributed by atoms with E-state index in [0.29, 0.717) is 24.4 Å². The first-order valence-corrected chi connectivity index (χ1v) is 6.17. The number of hydrogen-bond acceptors (Lipinski definition) is 4. The van der Waals surface area contributed by atoms with Crippen molar-refractivity contribution in [3.8, 4) is 0 Å². The molecule has 0 spiro atoms. The number of nitrogens with two attached hydrogens (primary N) is 1. The Labute approximate surface area is 112 Å². The maximum atomic E-state index is 11.6. The van der Waals surface area contributed by atoms with Crippen molar-refractivity contribution in [3.63, 3.8) is 0 Å². The summed E-state index contributed by atoms with van der Waals surface area (Å²) in [7, 11) is 0. The average molecular weight is 265 g/mol. The maximum Gasteiger partial charge on any atom is 0.411 e. The van der Waals surface area contributed by atoms with Gasteiger partial charge in [-0.25, -0.2) is 4.79 Å². The fourth-order valence-corrected chi connectivity index (χ4v) is 1.34. The molecule has 1 unspecified atom stereocenters. The lowest BCUT2D eigenvalue weighted by molar-refractivity contribution is -0.117. The highest BCUT2D eigenvalue weighted by Gasteiger charge is 2.10. The first kappa shape index (κ1) is 15.0. The average Bonchev–Trinajstić information content (AvgIpc) is 2.40. The molecule has 0 aliphatic rings. The topological polar surface area (TPSA) is 93.5 Å². The molecule has 1 rings (SSSR count). The number of ether oxygens (including phenoxy) is 1. The van der Waals surface area contributed by atoms with Crippen LogP contribution in [0.3, 0.4) is 0 Å². The summed E-state index contributed by atoms with van der Waals surface area (Å²) < 4.78 is 4.75. The van der Waals surface area contributed by atoms with Crippen molar-refractivity contribution >= 4 is 23.4 Å². The standard InChI is InChI=1S/C13H19N3O3/c1-3-11(14)12(17)15-9-5-7-10(8-6-9)16-13(18)19-4-2/h5-8,11H,3-4,14H2,1-2H3,(H,15,17)(H,16,18). The SMILES string of the molecule is CCOC(=O)Nc1ccc(NC(=O)C(N)CC)cc1. The molecule has 0 radical (unpaired) electrons. The Kier molecular flexibility index (Phi) is 5.81. The van der Waals surface area contributed by atoms with E-state index in [1.165, 1.54) is 0 Å². The number of amides is 2. The number of carbonyl (C=O) groups excluding carboxylic acids is 2. The highest BCUT2D eigenvalue weighted by Crippen LogP contribution is 2.14. The zero-order valence-electron chi connectivity index (χ0n) is 11.1. The summed E-state index contributed by atoms with van der Waals surface area (Å²) in [6.07, 6.45) is 0.0706. The summed E-state index contributed by atoms with van der Waals surface area (Å²) >= 11 is 0. The Bertz CT molecular complexity index is 431. The van der Waals surface area contributed by atoms with E-state index in [4.69, 9.17) is 10.5 Å². The molecule has 6 heteroatoms. The van der Waals surface area contributed by atoms with Crippen LogP contribution in [0.15, 0.2) is 24.3 Å². The Hall–Kier alpha value is -2.08. The maximum absolute atomic E-state index is 11.6. The molecule has 4 N–H and O–H groups in total. The van der Waals surface area contributed by atoms with Gasteiger partial charge in [0, 0.05) is 11.4 Å². The summed E-state index contributed by atoms with van der Waals surface area (Å²) in [5.74, 6) is -0.228. The second kappa shape index (κ2) is 7.38. The molecule has 2 amide bonds.